The number of hydrogen-bond donors (Lipinski definition) is 0. The zero-order valence-electron chi connectivity index (χ0n) is 12.5. The molecule has 0 unspecified atom stereocenters. The van der Waals surface area contributed by atoms with E-state index in [0.717, 1.165) is 23.8 Å². The maximum absolute atomic E-state index is 13.0. The van der Waals surface area contributed by atoms with Gasteiger partial charge in [-0.3, -0.25) is 4.79 Å². The molecule has 116 valence electrons. The number of carbonyl (C=O) groups is 1. The Balaban J connectivity index is 1.61. The summed E-state index contributed by atoms with van der Waals surface area (Å²) in [4.78, 5) is 14.6. The number of nitrogens with zero attached hydrogens (tertiary/aromatic N) is 1. The van der Waals surface area contributed by atoms with Crippen molar-refractivity contribution in [3.63, 3.8) is 0 Å². The summed E-state index contributed by atoms with van der Waals surface area (Å²) >= 11 is 0. The van der Waals surface area contributed by atoms with Gasteiger partial charge in [0.25, 0.3) is 5.91 Å². The quantitative estimate of drug-likeness (QED) is 0.716. The van der Waals surface area contributed by atoms with Gasteiger partial charge in [0.2, 0.25) is 0 Å². The van der Waals surface area contributed by atoms with Crippen LogP contribution in [0.4, 0.5) is 4.39 Å². The van der Waals surface area contributed by atoms with Crippen molar-refractivity contribution in [2.24, 2.45) is 0 Å². The number of benzene rings is 2. The highest BCUT2D eigenvalue weighted by molar-refractivity contribution is 5.96. The molecule has 23 heavy (non-hydrogen) atoms. The van der Waals surface area contributed by atoms with Gasteiger partial charge in [-0.25, -0.2) is 4.39 Å². The minimum Gasteiger partial charge on any atom is -0.451 e. The van der Waals surface area contributed by atoms with E-state index < -0.39 is 0 Å². The second-order valence-corrected chi connectivity index (χ2v) is 5.94. The molecule has 1 aromatic heterocycles. The highest BCUT2D eigenvalue weighted by atomic mass is 19.1. The molecule has 1 heterocycles. The van der Waals surface area contributed by atoms with Crippen LogP contribution in [0, 0.1) is 5.82 Å². The molecule has 2 aromatic carbocycles. The standard InChI is InChI=1S/C19H16FNO2/c20-15-7-5-13(6-8-15)12-21(16-9-10-16)19(22)18-11-14-3-1-2-4-17(14)23-18/h1-8,11,16H,9-10,12H2. The van der Waals surface area contributed by atoms with Crippen molar-refractivity contribution in [1.29, 1.82) is 0 Å². The molecule has 1 aliphatic rings. The van der Waals surface area contributed by atoms with Crippen molar-refractivity contribution >= 4 is 16.9 Å². The van der Waals surface area contributed by atoms with E-state index in [1.54, 1.807) is 18.2 Å². The topological polar surface area (TPSA) is 33.5 Å². The summed E-state index contributed by atoms with van der Waals surface area (Å²) < 4.78 is 18.7. The summed E-state index contributed by atoms with van der Waals surface area (Å²) in [5.74, 6) is -0.0106. The number of carbonyl (C=O) groups excluding carboxylic acids is 1. The van der Waals surface area contributed by atoms with Gasteiger partial charge in [-0.15, -0.1) is 0 Å². The van der Waals surface area contributed by atoms with Crippen LogP contribution in [-0.2, 0) is 6.54 Å². The Labute approximate surface area is 133 Å². The summed E-state index contributed by atoms with van der Waals surface area (Å²) in [6, 6.07) is 15.9. The van der Waals surface area contributed by atoms with Crippen molar-refractivity contribution in [3.05, 3.63) is 71.7 Å². The second-order valence-electron chi connectivity index (χ2n) is 5.94. The Bertz CT molecular complexity index is 816. The third-order valence-corrected chi connectivity index (χ3v) is 4.15. The van der Waals surface area contributed by atoms with Crippen LogP contribution in [0.2, 0.25) is 0 Å². The fourth-order valence-corrected chi connectivity index (χ4v) is 2.77. The van der Waals surface area contributed by atoms with Crippen molar-refractivity contribution < 1.29 is 13.6 Å². The number of hydrogen-bond acceptors (Lipinski definition) is 2. The Morgan fingerprint density at radius 3 is 2.57 bits per heavy atom. The van der Waals surface area contributed by atoms with Crippen LogP contribution in [-0.4, -0.2) is 16.8 Å². The second kappa shape index (κ2) is 5.54. The van der Waals surface area contributed by atoms with E-state index in [2.05, 4.69) is 0 Å². The molecule has 0 N–H and O–H groups in total. The zero-order valence-corrected chi connectivity index (χ0v) is 12.5. The van der Waals surface area contributed by atoms with Crippen LogP contribution in [0.1, 0.15) is 29.0 Å². The minimum atomic E-state index is -0.268. The maximum atomic E-state index is 13.0. The van der Waals surface area contributed by atoms with Gasteiger partial charge in [0.1, 0.15) is 11.4 Å². The number of rotatable bonds is 4. The SMILES string of the molecule is O=C(c1cc2ccccc2o1)N(Cc1ccc(F)cc1)C1CC1. The molecule has 3 aromatic rings. The molecule has 3 nitrogen and oxygen atoms in total. The number of furan rings is 1. The largest absolute Gasteiger partial charge is 0.451 e. The van der Waals surface area contributed by atoms with Crippen molar-refractivity contribution in [1.82, 2.24) is 4.90 Å². The lowest BCUT2D eigenvalue weighted by Gasteiger charge is -2.21. The third kappa shape index (κ3) is 2.84. The van der Waals surface area contributed by atoms with Crippen LogP contribution in [0.5, 0.6) is 0 Å². The summed E-state index contributed by atoms with van der Waals surface area (Å²) in [6.45, 7) is 0.473. The Morgan fingerprint density at radius 2 is 1.87 bits per heavy atom. The monoisotopic (exact) mass is 309 g/mol. The summed E-state index contributed by atoms with van der Waals surface area (Å²) in [6.07, 6.45) is 2.01. The van der Waals surface area contributed by atoms with Crippen molar-refractivity contribution in [2.75, 3.05) is 0 Å². The first-order valence-electron chi connectivity index (χ1n) is 7.75. The highest BCUT2D eigenvalue weighted by Gasteiger charge is 2.34. The van der Waals surface area contributed by atoms with E-state index in [9.17, 15) is 9.18 Å². The minimum absolute atomic E-state index is 0.104. The predicted molar refractivity (Wildman–Crippen MR) is 85.5 cm³/mol. The molecule has 1 amide bonds. The van der Waals surface area contributed by atoms with E-state index in [0.29, 0.717) is 17.9 Å². The molecule has 4 rings (SSSR count). The molecule has 4 heteroatoms. The highest BCUT2D eigenvalue weighted by Crippen LogP contribution is 2.31. The number of fused-ring (bicyclic) bond motifs is 1. The summed E-state index contributed by atoms with van der Waals surface area (Å²) in [5.41, 5.74) is 1.64. The molecule has 0 saturated heterocycles. The number of para-hydroxylation sites is 1. The van der Waals surface area contributed by atoms with Gasteiger partial charge in [0.15, 0.2) is 5.76 Å². The van der Waals surface area contributed by atoms with Crippen LogP contribution >= 0.6 is 0 Å². The molecule has 0 radical (unpaired) electrons. The lowest BCUT2D eigenvalue weighted by molar-refractivity contribution is 0.0700. The molecule has 1 saturated carbocycles. The van der Waals surface area contributed by atoms with E-state index in [4.69, 9.17) is 4.42 Å². The summed E-state index contributed by atoms with van der Waals surface area (Å²) in [7, 11) is 0. The molecule has 1 aliphatic carbocycles. The first kappa shape index (κ1) is 14.0. The average molecular weight is 309 g/mol. The molecule has 0 aliphatic heterocycles. The average Bonchev–Trinajstić information content (AvgIpc) is 3.31. The van der Waals surface area contributed by atoms with Gasteiger partial charge in [0.05, 0.1) is 0 Å². The van der Waals surface area contributed by atoms with Gasteiger partial charge in [-0.1, -0.05) is 30.3 Å². The maximum Gasteiger partial charge on any atom is 0.290 e. The Morgan fingerprint density at radius 1 is 1.13 bits per heavy atom. The van der Waals surface area contributed by atoms with Gasteiger partial charge >= 0.3 is 0 Å². The van der Waals surface area contributed by atoms with Gasteiger partial charge < -0.3 is 9.32 Å². The normalized spacial score (nSPS) is 14.1. The Hall–Kier alpha value is -2.62. The molecular weight excluding hydrogens is 293 g/mol. The van der Waals surface area contributed by atoms with Gasteiger partial charge in [0, 0.05) is 18.0 Å². The molecule has 0 spiro atoms. The first-order valence-corrected chi connectivity index (χ1v) is 7.75. The Kier molecular flexibility index (Phi) is 3.37. The number of halogens is 1. The summed E-state index contributed by atoms with van der Waals surface area (Å²) in [5, 5.41) is 0.924. The smallest absolute Gasteiger partial charge is 0.290 e. The van der Waals surface area contributed by atoms with E-state index >= 15 is 0 Å². The van der Waals surface area contributed by atoms with Crippen molar-refractivity contribution in [3.8, 4) is 0 Å². The fraction of sp³-hybridized carbons (Fsp3) is 0.211. The fourth-order valence-electron chi connectivity index (χ4n) is 2.77. The third-order valence-electron chi connectivity index (χ3n) is 4.15. The van der Waals surface area contributed by atoms with E-state index in [1.165, 1.54) is 12.1 Å². The molecular formula is C19H16FNO2. The van der Waals surface area contributed by atoms with E-state index in [1.807, 2.05) is 29.2 Å². The van der Waals surface area contributed by atoms with Gasteiger partial charge in [-0.2, -0.15) is 0 Å². The van der Waals surface area contributed by atoms with Crippen LogP contribution < -0.4 is 0 Å². The number of amides is 1. The predicted octanol–water partition coefficient (Wildman–Crippen LogP) is 4.38. The zero-order chi connectivity index (χ0) is 15.8. The lowest BCUT2D eigenvalue weighted by Crippen LogP contribution is -2.32. The van der Waals surface area contributed by atoms with Crippen LogP contribution in [0.25, 0.3) is 11.0 Å². The molecule has 0 atom stereocenters. The molecule has 1 fully saturated rings. The first-order chi connectivity index (χ1) is 11.2. The van der Waals surface area contributed by atoms with Crippen LogP contribution in [0.15, 0.2) is 59.0 Å². The van der Waals surface area contributed by atoms with E-state index in [-0.39, 0.29) is 17.8 Å². The molecule has 0 bridgehead atoms. The van der Waals surface area contributed by atoms with Crippen LogP contribution in [0.3, 0.4) is 0 Å². The van der Waals surface area contributed by atoms with Crippen molar-refractivity contribution in [2.45, 2.75) is 25.4 Å². The lowest BCUT2D eigenvalue weighted by atomic mass is 10.2. The van der Waals surface area contributed by atoms with Gasteiger partial charge in [-0.05, 0) is 42.7 Å².